The third kappa shape index (κ3) is 4.88. The van der Waals surface area contributed by atoms with Crippen LogP contribution in [0.15, 0.2) is 42.5 Å². The summed E-state index contributed by atoms with van der Waals surface area (Å²) < 4.78 is 71.5. The van der Waals surface area contributed by atoms with E-state index < -0.39 is 29.3 Å². The summed E-state index contributed by atoms with van der Waals surface area (Å²) in [6.45, 7) is 2.80. The van der Waals surface area contributed by atoms with Crippen LogP contribution in [0.5, 0.6) is 0 Å². The number of ether oxygens (including phenoxy) is 1. The summed E-state index contributed by atoms with van der Waals surface area (Å²) >= 11 is 0. The van der Waals surface area contributed by atoms with Crippen molar-refractivity contribution in [2.45, 2.75) is 12.7 Å². The molecule has 2 aromatic rings. The Labute approximate surface area is 176 Å². The summed E-state index contributed by atoms with van der Waals surface area (Å²) in [6, 6.07) is 7.78. The molecule has 31 heavy (non-hydrogen) atoms. The number of rotatable bonds is 3. The molecule has 9 heteroatoms. The Morgan fingerprint density at radius 2 is 1.74 bits per heavy atom. The topological polar surface area (TPSA) is 32.8 Å². The van der Waals surface area contributed by atoms with E-state index in [1.54, 1.807) is 0 Å². The first-order valence-electron chi connectivity index (χ1n) is 9.85. The highest BCUT2D eigenvalue weighted by Gasteiger charge is 2.46. The van der Waals surface area contributed by atoms with Gasteiger partial charge in [0, 0.05) is 49.8 Å². The first-order valence-corrected chi connectivity index (χ1v) is 9.85. The highest BCUT2D eigenvalue weighted by atomic mass is 19.4. The Kier molecular flexibility index (Phi) is 5.74. The summed E-state index contributed by atoms with van der Waals surface area (Å²) in [4.78, 5) is 16.4. The zero-order valence-corrected chi connectivity index (χ0v) is 16.6. The lowest BCUT2D eigenvalue weighted by Crippen LogP contribution is -2.62. The first-order chi connectivity index (χ1) is 14.6. The molecule has 0 saturated carbocycles. The standard InChI is InChI=1S/C22H21F5N2O2/c23-18-6-15(7-19(24)9-18)10-28-11-21(12-28)13-29(4-5-31-14-21)20(30)16-2-1-3-17(8-16)22(25,26)27/h1-3,6-9H,4-5,10-14H2. The van der Waals surface area contributed by atoms with Crippen molar-refractivity contribution in [3.8, 4) is 0 Å². The first kappa shape index (κ1) is 21.7. The fourth-order valence-electron chi connectivity index (χ4n) is 4.34. The molecule has 0 N–H and O–H groups in total. The molecule has 1 amide bonds. The number of benzene rings is 2. The summed E-state index contributed by atoms with van der Waals surface area (Å²) in [5.74, 6) is -1.75. The summed E-state index contributed by atoms with van der Waals surface area (Å²) in [5.41, 5.74) is -0.729. The van der Waals surface area contributed by atoms with Crippen LogP contribution in [0, 0.1) is 17.0 Å². The lowest BCUT2D eigenvalue weighted by atomic mass is 9.79. The van der Waals surface area contributed by atoms with Crippen molar-refractivity contribution in [3.63, 3.8) is 0 Å². The maximum Gasteiger partial charge on any atom is 0.416 e. The minimum absolute atomic E-state index is 0.0155. The van der Waals surface area contributed by atoms with Crippen LogP contribution < -0.4 is 0 Å². The number of hydrogen-bond acceptors (Lipinski definition) is 3. The molecule has 2 aliphatic rings. The third-order valence-electron chi connectivity index (χ3n) is 5.61. The molecule has 1 spiro atoms. The zero-order valence-electron chi connectivity index (χ0n) is 16.6. The molecule has 2 fully saturated rings. The van der Waals surface area contributed by atoms with Gasteiger partial charge in [0.05, 0.1) is 18.8 Å². The molecule has 0 unspecified atom stereocenters. The van der Waals surface area contributed by atoms with Gasteiger partial charge in [-0.25, -0.2) is 8.78 Å². The predicted molar refractivity (Wildman–Crippen MR) is 102 cm³/mol. The molecule has 0 radical (unpaired) electrons. The van der Waals surface area contributed by atoms with Crippen molar-refractivity contribution in [1.29, 1.82) is 0 Å². The van der Waals surface area contributed by atoms with Gasteiger partial charge in [-0.2, -0.15) is 13.2 Å². The lowest BCUT2D eigenvalue weighted by Gasteiger charge is -2.50. The van der Waals surface area contributed by atoms with Gasteiger partial charge in [-0.3, -0.25) is 9.69 Å². The van der Waals surface area contributed by atoms with Crippen molar-refractivity contribution in [3.05, 3.63) is 70.8 Å². The van der Waals surface area contributed by atoms with E-state index in [4.69, 9.17) is 4.74 Å². The molecule has 0 atom stereocenters. The van der Waals surface area contributed by atoms with Gasteiger partial charge >= 0.3 is 6.18 Å². The van der Waals surface area contributed by atoms with Gasteiger partial charge in [0.25, 0.3) is 5.91 Å². The quantitative estimate of drug-likeness (QED) is 0.678. The van der Waals surface area contributed by atoms with Crippen LogP contribution in [-0.4, -0.2) is 55.1 Å². The highest BCUT2D eigenvalue weighted by Crippen LogP contribution is 2.35. The number of likely N-dealkylation sites (tertiary alicyclic amines) is 1. The average molecular weight is 440 g/mol. The molecular formula is C22H21F5N2O2. The van der Waals surface area contributed by atoms with Crippen LogP contribution in [0.25, 0.3) is 0 Å². The molecule has 166 valence electrons. The molecular weight excluding hydrogens is 419 g/mol. The van der Waals surface area contributed by atoms with Gasteiger partial charge in [-0.15, -0.1) is 0 Å². The smallest absolute Gasteiger partial charge is 0.379 e. The lowest BCUT2D eigenvalue weighted by molar-refractivity contribution is -0.137. The number of nitrogens with zero attached hydrogens (tertiary/aromatic N) is 2. The molecule has 0 bridgehead atoms. The van der Waals surface area contributed by atoms with E-state index in [2.05, 4.69) is 0 Å². The number of hydrogen-bond donors (Lipinski definition) is 0. The fraction of sp³-hybridized carbons (Fsp3) is 0.409. The molecule has 4 nitrogen and oxygen atoms in total. The van der Waals surface area contributed by atoms with Gasteiger partial charge in [0.2, 0.25) is 0 Å². The summed E-state index contributed by atoms with van der Waals surface area (Å²) in [5, 5.41) is 0. The van der Waals surface area contributed by atoms with Crippen LogP contribution in [0.1, 0.15) is 21.5 Å². The minimum Gasteiger partial charge on any atom is -0.379 e. The van der Waals surface area contributed by atoms with Crippen LogP contribution >= 0.6 is 0 Å². The van der Waals surface area contributed by atoms with Crippen LogP contribution in [0.2, 0.25) is 0 Å². The fourth-order valence-corrected chi connectivity index (χ4v) is 4.34. The van der Waals surface area contributed by atoms with E-state index >= 15 is 0 Å². The monoisotopic (exact) mass is 440 g/mol. The van der Waals surface area contributed by atoms with Crippen molar-refractivity contribution in [2.24, 2.45) is 5.41 Å². The van der Waals surface area contributed by atoms with Gasteiger partial charge < -0.3 is 9.64 Å². The summed E-state index contributed by atoms with van der Waals surface area (Å²) in [6.07, 6.45) is -4.52. The number of alkyl halides is 3. The molecule has 0 aromatic heterocycles. The molecule has 2 aromatic carbocycles. The predicted octanol–water partition coefficient (Wildman–Crippen LogP) is 3.96. The van der Waals surface area contributed by atoms with Crippen molar-refractivity contribution >= 4 is 5.91 Å². The average Bonchev–Trinajstić information content (AvgIpc) is 2.89. The molecule has 2 aliphatic heterocycles. The third-order valence-corrected chi connectivity index (χ3v) is 5.61. The second kappa shape index (κ2) is 8.20. The Morgan fingerprint density at radius 1 is 1.03 bits per heavy atom. The van der Waals surface area contributed by atoms with E-state index in [1.807, 2.05) is 4.90 Å². The van der Waals surface area contributed by atoms with E-state index in [1.165, 1.54) is 29.2 Å². The number of halogens is 5. The maximum absolute atomic E-state index is 13.4. The van der Waals surface area contributed by atoms with Crippen LogP contribution in [0.4, 0.5) is 22.0 Å². The molecule has 0 aliphatic carbocycles. The zero-order chi connectivity index (χ0) is 22.2. The van der Waals surface area contributed by atoms with Gasteiger partial charge in [0.15, 0.2) is 0 Å². The largest absolute Gasteiger partial charge is 0.416 e. The SMILES string of the molecule is O=C(c1cccc(C(F)(F)F)c1)N1CCOCC2(CN(Cc3cc(F)cc(F)c3)C2)C1. The van der Waals surface area contributed by atoms with E-state index in [-0.39, 0.29) is 17.5 Å². The van der Waals surface area contributed by atoms with Crippen molar-refractivity contribution < 1.29 is 31.5 Å². The van der Waals surface area contributed by atoms with Crippen LogP contribution in [-0.2, 0) is 17.5 Å². The number of carbonyl (C=O) groups excluding carboxylic acids is 1. The summed E-state index contributed by atoms with van der Waals surface area (Å²) in [7, 11) is 0. The Balaban J connectivity index is 1.43. The van der Waals surface area contributed by atoms with Gasteiger partial charge in [0.1, 0.15) is 11.6 Å². The van der Waals surface area contributed by atoms with Gasteiger partial charge in [-0.05, 0) is 35.9 Å². The number of carbonyl (C=O) groups is 1. The molecule has 2 heterocycles. The normalized spacial score (nSPS) is 19.2. The second-order valence-corrected chi connectivity index (χ2v) is 8.28. The van der Waals surface area contributed by atoms with Gasteiger partial charge in [-0.1, -0.05) is 6.07 Å². The van der Waals surface area contributed by atoms with Crippen LogP contribution in [0.3, 0.4) is 0 Å². The van der Waals surface area contributed by atoms with E-state index in [9.17, 15) is 26.7 Å². The second-order valence-electron chi connectivity index (χ2n) is 8.28. The molecule has 4 rings (SSSR count). The molecule has 2 saturated heterocycles. The number of amides is 1. The van der Waals surface area contributed by atoms with E-state index in [0.717, 1.165) is 18.2 Å². The van der Waals surface area contributed by atoms with Crippen molar-refractivity contribution in [1.82, 2.24) is 9.80 Å². The van der Waals surface area contributed by atoms with E-state index in [0.29, 0.717) is 45.0 Å². The van der Waals surface area contributed by atoms with Crippen molar-refractivity contribution in [2.75, 3.05) is 39.4 Å². The Morgan fingerprint density at radius 3 is 2.42 bits per heavy atom. The Hall–Kier alpha value is -2.52. The highest BCUT2D eigenvalue weighted by molar-refractivity contribution is 5.94. The maximum atomic E-state index is 13.4. The Bertz CT molecular complexity index is 952. The minimum atomic E-state index is -4.52.